The lowest BCUT2D eigenvalue weighted by Gasteiger charge is -2.30. The monoisotopic (exact) mass is 457 g/mol. The zero-order valence-corrected chi connectivity index (χ0v) is 17.8. The molecule has 1 amide bonds. The first-order valence-corrected chi connectivity index (χ1v) is 10.7. The average molecular weight is 458 g/mol. The predicted octanol–water partition coefficient (Wildman–Crippen LogP) is 4.97. The zero-order valence-electron chi connectivity index (χ0n) is 15.4. The van der Waals surface area contributed by atoms with Crippen molar-refractivity contribution in [1.82, 2.24) is 4.98 Å². The molecule has 28 heavy (non-hydrogen) atoms. The Morgan fingerprint density at radius 1 is 1.18 bits per heavy atom. The van der Waals surface area contributed by atoms with Crippen LogP contribution in [0.15, 0.2) is 53.0 Å². The number of nitrogens with one attached hydrogen (secondary N) is 1. The van der Waals surface area contributed by atoms with E-state index >= 15 is 0 Å². The van der Waals surface area contributed by atoms with Crippen LogP contribution in [0.1, 0.15) is 15.4 Å². The maximum atomic E-state index is 13.0. The molecule has 7 heteroatoms. The van der Waals surface area contributed by atoms with Crippen molar-refractivity contribution in [2.75, 3.05) is 36.5 Å². The van der Waals surface area contributed by atoms with Crippen molar-refractivity contribution in [3.63, 3.8) is 0 Å². The highest BCUT2D eigenvalue weighted by atomic mass is 79.9. The number of hydrogen-bond donors (Lipinski definition) is 1. The molecule has 0 radical (unpaired) electrons. The van der Waals surface area contributed by atoms with E-state index in [9.17, 15) is 4.79 Å². The lowest BCUT2D eigenvalue weighted by molar-refractivity contribution is 0.103. The minimum Gasteiger partial charge on any atom is -0.378 e. The molecule has 1 fully saturated rings. The molecule has 4 rings (SSSR count). The quantitative estimate of drug-likeness (QED) is 0.600. The number of aromatic nitrogens is 1. The van der Waals surface area contributed by atoms with E-state index in [0.29, 0.717) is 18.1 Å². The highest BCUT2D eigenvalue weighted by molar-refractivity contribution is 9.10. The Balaban J connectivity index is 1.60. The summed E-state index contributed by atoms with van der Waals surface area (Å²) in [5.74, 6) is -0.134. The fourth-order valence-corrected chi connectivity index (χ4v) is 4.51. The summed E-state index contributed by atoms with van der Waals surface area (Å²) in [5.41, 5.74) is 3.55. The summed E-state index contributed by atoms with van der Waals surface area (Å²) in [5, 5.41) is 3.94. The molecule has 0 bridgehead atoms. The standard InChI is InChI=1S/C21H20BrN3O2S/c1-14-19(28-21(23-14)15-5-3-2-4-6-15)20(26)24-17-13-16(22)7-8-18(17)25-9-11-27-12-10-25/h2-8,13H,9-12H2,1H3,(H,24,26). The van der Waals surface area contributed by atoms with E-state index < -0.39 is 0 Å². The van der Waals surface area contributed by atoms with Gasteiger partial charge >= 0.3 is 0 Å². The van der Waals surface area contributed by atoms with E-state index in [4.69, 9.17) is 4.74 Å². The van der Waals surface area contributed by atoms with Gasteiger partial charge in [-0.1, -0.05) is 46.3 Å². The van der Waals surface area contributed by atoms with Crippen molar-refractivity contribution >= 4 is 44.5 Å². The zero-order chi connectivity index (χ0) is 19.5. The second-order valence-corrected chi connectivity index (χ2v) is 8.43. The summed E-state index contributed by atoms with van der Waals surface area (Å²) in [6, 6.07) is 15.9. The number of thiazole rings is 1. The first-order chi connectivity index (χ1) is 13.6. The highest BCUT2D eigenvalue weighted by Crippen LogP contribution is 2.32. The maximum Gasteiger partial charge on any atom is 0.267 e. The molecular formula is C21H20BrN3O2S. The molecule has 1 N–H and O–H groups in total. The van der Waals surface area contributed by atoms with Crippen molar-refractivity contribution in [3.8, 4) is 10.6 Å². The summed E-state index contributed by atoms with van der Waals surface area (Å²) in [4.78, 5) is 20.5. The highest BCUT2D eigenvalue weighted by Gasteiger charge is 2.20. The molecule has 5 nitrogen and oxygen atoms in total. The van der Waals surface area contributed by atoms with Crippen molar-refractivity contribution < 1.29 is 9.53 Å². The van der Waals surface area contributed by atoms with Gasteiger partial charge in [0.1, 0.15) is 9.88 Å². The molecule has 1 aromatic heterocycles. The van der Waals surface area contributed by atoms with Gasteiger partial charge in [-0.3, -0.25) is 4.79 Å². The Morgan fingerprint density at radius 3 is 2.68 bits per heavy atom. The minimum absolute atomic E-state index is 0.134. The molecule has 1 aliphatic heterocycles. The third-order valence-electron chi connectivity index (χ3n) is 4.58. The van der Waals surface area contributed by atoms with Crippen LogP contribution in [-0.4, -0.2) is 37.2 Å². The number of carbonyl (C=O) groups is 1. The molecule has 144 valence electrons. The molecule has 1 saturated heterocycles. The molecule has 2 aromatic carbocycles. The number of ether oxygens (including phenoxy) is 1. The van der Waals surface area contributed by atoms with Crippen LogP contribution in [-0.2, 0) is 4.74 Å². The summed E-state index contributed by atoms with van der Waals surface area (Å²) >= 11 is 4.93. The van der Waals surface area contributed by atoms with Crippen molar-refractivity contribution in [2.24, 2.45) is 0 Å². The van der Waals surface area contributed by atoms with Gasteiger partial charge in [0.25, 0.3) is 5.91 Å². The van der Waals surface area contributed by atoms with Gasteiger partial charge in [-0.25, -0.2) is 4.98 Å². The largest absolute Gasteiger partial charge is 0.378 e. The van der Waals surface area contributed by atoms with Gasteiger partial charge in [-0.15, -0.1) is 11.3 Å². The summed E-state index contributed by atoms with van der Waals surface area (Å²) < 4.78 is 6.37. The number of amides is 1. The Bertz CT molecular complexity index is 985. The number of benzene rings is 2. The number of rotatable bonds is 4. The fraction of sp³-hybridized carbons (Fsp3) is 0.238. The van der Waals surface area contributed by atoms with Crippen LogP contribution in [0.5, 0.6) is 0 Å². The molecule has 0 spiro atoms. The first kappa shape index (κ1) is 19.1. The Morgan fingerprint density at radius 2 is 1.93 bits per heavy atom. The summed E-state index contributed by atoms with van der Waals surface area (Å²) in [7, 11) is 0. The minimum atomic E-state index is -0.134. The van der Waals surface area contributed by atoms with Crippen LogP contribution in [0, 0.1) is 6.92 Å². The number of morpholine rings is 1. The summed E-state index contributed by atoms with van der Waals surface area (Å²) in [6.07, 6.45) is 0. The third kappa shape index (κ3) is 4.11. The molecule has 0 saturated carbocycles. The average Bonchev–Trinajstić information content (AvgIpc) is 3.11. The molecular weight excluding hydrogens is 438 g/mol. The topological polar surface area (TPSA) is 54.5 Å². The van der Waals surface area contributed by atoms with Gasteiger partial charge < -0.3 is 15.0 Å². The van der Waals surface area contributed by atoms with Gasteiger partial charge in [0.2, 0.25) is 0 Å². The van der Waals surface area contributed by atoms with E-state index in [1.165, 1.54) is 11.3 Å². The van der Waals surface area contributed by atoms with Crippen LogP contribution < -0.4 is 10.2 Å². The van der Waals surface area contributed by atoms with Gasteiger partial charge in [0.05, 0.1) is 30.3 Å². The Labute approximate surface area is 176 Å². The number of anilines is 2. The predicted molar refractivity (Wildman–Crippen MR) is 117 cm³/mol. The molecule has 0 atom stereocenters. The van der Waals surface area contributed by atoms with Crippen LogP contribution in [0.2, 0.25) is 0 Å². The van der Waals surface area contributed by atoms with Crippen LogP contribution >= 0.6 is 27.3 Å². The third-order valence-corrected chi connectivity index (χ3v) is 6.28. The van der Waals surface area contributed by atoms with E-state index in [0.717, 1.165) is 45.2 Å². The van der Waals surface area contributed by atoms with Crippen LogP contribution in [0.3, 0.4) is 0 Å². The lowest BCUT2D eigenvalue weighted by Crippen LogP contribution is -2.36. The van der Waals surface area contributed by atoms with E-state index in [2.05, 4.69) is 31.1 Å². The van der Waals surface area contributed by atoms with Gasteiger partial charge in [-0.05, 0) is 25.1 Å². The fourth-order valence-electron chi connectivity index (χ4n) is 3.18. The normalized spacial score (nSPS) is 14.1. The maximum absolute atomic E-state index is 13.0. The van der Waals surface area contributed by atoms with Gasteiger partial charge in [-0.2, -0.15) is 0 Å². The Kier molecular flexibility index (Phi) is 5.75. The first-order valence-electron chi connectivity index (χ1n) is 9.08. The van der Waals surface area contributed by atoms with Gasteiger partial charge in [0, 0.05) is 23.1 Å². The lowest BCUT2D eigenvalue weighted by atomic mass is 10.2. The van der Waals surface area contributed by atoms with E-state index in [-0.39, 0.29) is 5.91 Å². The molecule has 1 aliphatic rings. The van der Waals surface area contributed by atoms with E-state index in [1.807, 2.05) is 55.5 Å². The number of nitrogens with zero attached hydrogens (tertiary/aromatic N) is 2. The second kappa shape index (κ2) is 8.43. The van der Waals surface area contributed by atoms with Crippen LogP contribution in [0.4, 0.5) is 11.4 Å². The number of aryl methyl sites for hydroxylation is 1. The van der Waals surface area contributed by atoms with Crippen molar-refractivity contribution in [1.29, 1.82) is 0 Å². The second-order valence-electron chi connectivity index (χ2n) is 6.51. The van der Waals surface area contributed by atoms with Crippen molar-refractivity contribution in [2.45, 2.75) is 6.92 Å². The SMILES string of the molecule is Cc1nc(-c2ccccc2)sc1C(=O)Nc1cc(Br)ccc1N1CCOCC1. The summed E-state index contributed by atoms with van der Waals surface area (Å²) in [6.45, 7) is 4.88. The number of halogens is 1. The molecule has 2 heterocycles. The smallest absolute Gasteiger partial charge is 0.267 e. The molecule has 0 unspecified atom stereocenters. The van der Waals surface area contributed by atoms with E-state index in [1.54, 1.807) is 0 Å². The van der Waals surface area contributed by atoms with Crippen LogP contribution in [0.25, 0.3) is 10.6 Å². The van der Waals surface area contributed by atoms with Crippen molar-refractivity contribution in [3.05, 3.63) is 63.6 Å². The Hall–Kier alpha value is -2.22. The molecule has 0 aliphatic carbocycles. The number of hydrogen-bond acceptors (Lipinski definition) is 5. The molecule has 3 aromatic rings. The van der Waals surface area contributed by atoms with Gasteiger partial charge in [0.15, 0.2) is 0 Å². The number of carbonyl (C=O) groups excluding carboxylic acids is 1.